The van der Waals surface area contributed by atoms with E-state index >= 15 is 0 Å². The number of benzene rings is 2. The first-order valence-corrected chi connectivity index (χ1v) is 11.0. The van der Waals surface area contributed by atoms with E-state index in [1.54, 1.807) is 0 Å². The topological polar surface area (TPSA) is 36.0 Å². The van der Waals surface area contributed by atoms with E-state index in [0.29, 0.717) is 12.5 Å². The van der Waals surface area contributed by atoms with Crippen molar-refractivity contribution in [2.45, 2.75) is 25.2 Å². The lowest BCUT2D eigenvalue weighted by atomic mass is 9.90. The molecule has 0 spiro atoms. The summed E-state index contributed by atoms with van der Waals surface area (Å²) in [6.45, 7) is 6.87. The molecular formula is C25H33N3O2. The zero-order valence-electron chi connectivity index (χ0n) is 18.4. The third kappa shape index (κ3) is 4.17. The Kier molecular flexibility index (Phi) is 6.00. The minimum Gasteiger partial charge on any atom is -0.490 e. The Morgan fingerprint density at radius 1 is 1.00 bits per heavy atom. The Morgan fingerprint density at radius 2 is 1.67 bits per heavy atom. The van der Waals surface area contributed by atoms with Crippen LogP contribution in [0.4, 0.5) is 5.69 Å². The Balaban J connectivity index is 1.40. The fourth-order valence-electron chi connectivity index (χ4n) is 4.46. The lowest BCUT2D eigenvalue weighted by molar-refractivity contribution is -0.134. The molecule has 0 N–H and O–H groups in total. The van der Waals surface area contributed by atoms with Gasteiger partial charge >= 0.3 is 0 Å². The summed E-state index contributed by atoms with van der Waals surface area (Å²) in [5.41, 5.74) is 3.30. The molecule has 1 aliphatic carbocycles. The molecular weight excluding hydrogens is 374 g/mol. The van der Waals surface area contributed by atoms with Crippen LogP contribution in [0.2, 0.25) is 0 Å². The molecule has 0 aromatic heterocycles. The summed E-state index contributed by atoms with van der Waals surface area (Å²) in [5.74, 6) is 1.24. The normalized spacial score (nSPS) is 17.9. The minimum atomic E-state index is -0.277. The van der Waals surface area contributed by atoms with Crippen molar-refractivity contribution in [1.82, 2.24) is 9.80 Å². The summed E-state index contributed by atoms with van der Waals surface area (Å²) >= 11 is 0. The molecule has 0 unspecified atom stereocenters. The van der Waals surface area contributed by atoms with Crippen LogP contribution in [0.5, 0.6) is 5.75 Å². The molecule has 4 rings (SSSR count). The van der Waals surface area contributed by atoms with Gasteiger partial charge in [0.15, 0.2) is 0 Å². The molecule has 0 atom stereocenters. The van der Waals surface area contributed by atoms with Crippen LogP contribution >= 0.6 is 0 Å². The molecule has 2 aromatic rings. The average Bonchev–Trinajstić information content (AvgIpc) is 3.56. The van der Waals surface area contributed by atoms with Crippen molar-refractivity contribution >= 4 is 11.6 Å². The van der Waals surface area contributed by atoms with Gasteiger partial charge in [0.1, 0.15) is 12.4 Å². The lowest BCUT2D eigenvalue weighted by Gasteiger charge is -2.38. The summed E-state index contributed by atoms with van der Waals surface area (Å²) in [4.78, 5) is 20.0. The highest BCUT2D eigenvalue weighted by Crippen LogP contribution is 2.50. The molecule has 1 saturated heterocycles. The van der Waals surface area contributed by atoms with Gasteiger partial charge in [-0.15, -0.1) is 0 Å². The molecule has 1 aliphatic heterocycles. The molecule has 5 heteroatoms. The molecule has 2 aromatic carbocycles. The quantitative estimate of drug-likeness (QED) is 0.706. The van der Waals surface area contributed by atoms with Gasteiger partial charge in [-0.1, -0.05) is 36.4 Å². The molecule has 1 amide bonds. The third-order valence-electron chi connectivity index (χ3n) is 6.39. The van der Waals surface area contributed by atoms with E-state index in [-0.39, 0.29) is 5.41 Å². The van der Waals surface area contributed by atoms with Gasteiger partial charge in [0, 0.05) is 32.7 Å². The van der Waals surface area contributed by atoms with Gasteiger partial charge in [0.2, 0.25) is 5.91 Å². The summed E-state index contributed by atoms with van der Waals surface area (Å²) < 4.78 is 6.05. The van der Waals surface area contributed by atoms with Crippen molar-refractivity contribution in [1.29, 1.82) is 0 Å². The Morgan fingerprint density at radius 3 is 2.33 bits per heavy atom. The SMILES string of the molecule is Cc1ccccc1C1(C(=O)N2CCN(c3ccccc3OCCN(C)C)CC2)CC1. The van der Waals surface area contributed by atoms with Gasteiger partial charge < -0.3 is 19.4 Å². The minimum absolute atomic E-state index is 0.277. The maximum atomic E-state index is 13.4. The molecule has 1 saturated carbocycles. The van der Waals surface area contributed by atoms with Crippen molar-refractivity contribution in [3.63, 3.8) is 0 Å². The van der Waals surface area contributed by atoms with Crippen LogP contribution in [-0.4, -0.2) is 69.1 Å². The Hall–Kier alpha value is -2.53. The average molecular weight is 408 g/mol. The van der Waals surface area contributed by atoms with E-state index in [0.717, 1.165) is 57.0 Å². The smallest absolute Gasteiger partial charge is 0.233 e. The van der Waals surface area contributed by atoms with Crippen molar-refractivity contribution in [3.8, 4) is 5.75 Å². The van der Waals surface area contributed by atoms with Crippen LogP contribution in [-0.2, 0) is 10.2 Å². The highest BCUT2D eigenvalue weighted by molar-refractivity contribution is 5.92. The second-order valence-corrected chi connectivity index (χ2v) is 8.80. The molecule has 1 heterocycles. The van der Waals surface area contributed by atoms with E-state index in [2.05, 4.69) is 72.1 Å². The number of para-hydroxylation sites is 2. The number of ether oxygens (including phenoxy) is 1. The van der Waals surface area contributed by atoms with Crippen LogP contribution in [0.15, 0.2) is 48.5 Å². The molecule has 5 nitrogen and oxygen atoms in total. The predicted octanol–water partition coefficient (Wildman–Crippen LogP) is 3.32. The highest BCUT2D eigenvalue weighted by Gasteiger charge is 2.53. The highest BCUT2D eigenvalue weighted by atomic mass is 16.5. The first-order chi connectivity index (χ1) is 14.5. The van der Waals surface area contributed by atoms with Crippen LogP contribution in [0, 0.1) is 6.92 Å². The molecule has 160 valence electrons. The number of piperazine rings is 1. The van der Waals surface area contributed by atoms with E-state index in [9.17, 15) is 4.79 Å². The largest absolute Gasteiger partial charge is 0.490 e. The summed E-state index contributed by atoms with van der Waals surface area (Å²) in [7, 11) is 4.10. The lowest BCUT2D eigenvalue weighted by Crippen LogP contribution is -2.51. The van der Waals surface area contributed by atoms with Gasteiger partial charge in [-0.3, -0.25) is 4.79 Å². The number of rotatable bonds is 7. The van der Waals surface area contributed by atoms with Crippen LogP contribution in [0.1, 0.15) is 24.0 Å². The number of hydrogen-bond donors (Lipinski definition) is 0. The Labute approximate surface area is 180 Å². The van der Waals surface area contributed by atoms with Crippen molar-refractivity contribution in [3.05, 3.63) is 59.7 Å². The summed E-state index contributed by atoms with van der Waals surface area (Å²) in [6.07, 6.45) is 1.94. The molecule has 0 radical (unpaired) electrons. The second kappa shape index (κ2) is 8.68. The summed E-state index contributed by atoms with van der Waals surface area (Å²) in [6, 6.07) is 16.6. The van der Waals surface area contributed by atoms with Gasteiger partial charge in [0.05, 0.1) is 11.1 Å². The van der Waals surface area contributed by atoms with Gasteiger partial charge in [-0.2, -0.15) is 0 Å². The zero-order chi connectivity index (χ0) is 21.1. The molecule has 2 fully saturated rings. The van der Waals surface area contributed by atoms with Crippen LogP contribution in [0.25, 0.3) is 0 Å². The maximum Gasteiger partial charge on any atom is 0.233 e. The van der Waals surface area contributed by atoms with Crippen LogP contribution < -0.4 is 9.64 Å². The van der Waals surface area contributed by atoms with E-state index < -0.39 is 0 Å². The number of aryl methyl sites for hydroxylation is 1. The first kappa shape index (κ1) is 20.7. The van der Waals surface area contributed by atoms with E-state index in [4.69, 9.17) is 4.74 Å². The standard InChI is InChI=1S/C25H33N3O2/c1-20-8-4-5-9-21(20)25(12-13-25)24(29)28-16-14-27(15-17-28)22-10-6-7-11-23(22)30-19-18-26(2)3/h4-11H,12-19H2,1-3H3. The Bertz CT molecular complexity index is 883. The fourth-order valence-corrected chi connectivity index (χ4v) is 4.46. The summed E-state index contributed by atoms with van der Waals surface area (Å²) in [5, 5.41) is 0. The second-order valence-electron chi connectivity index (χ2n) is 8.80. The van der Waals surface area contributed by atoms with Crippen molar-refractivity contribution in [2.75, 3.05) is 58.3 Å². The monoisotopic (exact) mass is 407 g/mol. The maximum absolute atomic E-state index is 13.4. The molecule has 30 heavy (non-hydrogen) atoms. The predicted molar refractivity (Wildman–Crippen MR) is 121 cm³/mol. The van der Waals surface area contributed by atoms with E-state index in [1.165, 1.54) is 11.1 Å². The number of nitrogens with zero attached hydrogens (tertiary/aromatic N) is 3. The fraction of sp³-hybridized carbons (Fsp3) is 0.480. The number of likely N-dealkylation sites (N-methyl/N-ethyl adjacent to an activating group) is 1. The molecule has 2 aliphatic rings. The molecule has 0 bridgehead atoms. The van der Waals surface area contributed by atoms with E-state index in [1.807, 2.05) is 12.1 Å². The number of amides is 1. The number of carbonyl (C=O) groups is 1. The first-order valence-electron chi connectivity index (χ1n) is 11.0. The van der Waals surface area contributed by atoms with Crippen LogP contribution in [0.3, 0.4) is 0 Å². The number of hydrogen-bond acceptors (Lipinski definition) is 4. The van der Waals surface area contributed by atoms with Gasteiger partial charge in [-0.25, -0.2) is 0 Å². The third-order valence-corrected chi connectivity index (χ3v) is 6.39. The van der Waals surface area contributed by atoms with Crippen molar-refractivity contribution < 1.29 is 9.53 Å². The number of anilines is 1. The zero-order valence-corrected chi connectivity index (χ0v) is 18.4. The van der Waals surface area contributed by atoms with Crippen molar-refractivity contribution in [2.24, 2.45) is 0 Å². The number of carbonyl (C=O) groups excluding carboxylic acids is 1. The van der Waals surface area contributed by atoms with Gasteiger partial charge in [-0.05, 0) is 57.1 Å². The van der Waals surface area contributed by atoms with Gasteiger partial charge in [0.25, 0.3) is 0 Å².